The fourth-order valence-electron chi connectivity index (χ4n) is 0.317. The summed E-state index contributed by atoms with van der Waals surface area (Å²) in [7, 11) is -4.81. The number of hydrogen-bond donors (Lipinski definition) is 2. The smallest absolute Gasteiger partial charge is 0.216 e. The number of hydrogen-bond acceptors (Lipinski definition) is 2. The van der Waals surface area contributed by atoms with Crippen LogP contribution in [0.3, 0.4) is 0 Å². The molecule has 62 valence electrons. The molecule has 0 aliphatic carbocycles. The molecule has 0 fully saturated rings. The highest BCUT2D eigenvalue weighted by atomic mass is 32.2. The average molecular weight is 182 g/mol. The van der Waals surface area contributed by atoms with Gasteiger partial charge in [0.15, 0.2) is 0 Å². The lowest BCUT2D eigenvalue weighted by molar-refractivity contribution is 0.588. The van der Waals surface area contributed by atoms with Crippen molar-refractivity contribution in [2.75, 3.05) is 6.17 Å². The van der Waals surface area contributed by atoms with E-state index in [4.69, 9.17) is 5.14 Å². The second kappa shape index (κ2) is 2.99. The lowest BCUT2D eigenvalue weighted by atomic mass is 11.5. The largest absolute Gasteiger partial charge is 0.274 e. The molecule has 0 aromatic heterocycles. The predicted octanol–water partition coefficient (Wildman–Crippen LogP) is -0.343. The van der Waals surface area contributed by atoms with Crippen LogP contribution in [0, 0.1) is 0 Å². The van der Waals surface area contributed by atoms with Gasteiger partial charge in [-0.3, -0.25) is 0 Å². The van der Waals surface area contributed by atoms with Crippen LogP contribution in [-0.2, 0) is 10.2 Å². The molecule has 0 aliphatic heterocycles. The van der Waals surface area contributed by atoms with Crippen molar-refractivity contribution in [2.24, 2.45) is 5.14 Å². The fraction of sp³-hybridized carbons (Fsp3) is 1.00. The highest BCUT2D eigenvalue weighted by Crippen LogP contribution is 1.96. The maximum Gasteiger partial charge on any atom is 0.274 e. The average Bonchev–Trinajstić information content (AvgIpc) is 1.57. The van der Waals surface area contributed by atoms with Gasteiger partial charge in [-0.15, -0.1) is 0 Å². The molecule has 0 aromatic carbocycles. The van der Waals surface area contributed by atoms with E-state index >= 15 is 0 Å². The van der Waals surface area contributed by atoms with Crippen molar-refractivity contribution in [3.8, 4) is 0 Å². The van der Waals surface area contributed by atoms with Crippen LogP contribution in [0.5, 0.6) is 0 Å². The van der Waals surface area contributed by atoms with E-state index in [1.165, 1.54) is 0 Å². The standard InChI is InChI=1S/C4H14N2O2SSi/c1-10(2,3)4-6-9(5,7)8/h6H,4H2,1-3H3,(H2,5,7,8). The quantitative estimate of drug-likeness (QED) is 0.586. The molecule has 0 heterocycles. The minimum atomic E-state index is -3.47. The first-order valence-corrected chi connectivity index (χ1v) is 8.23. The third kappa shape index (κ3) is 8.09. The highest BCUT2D eigenvalue weighted by molar-refractivity contribution is 7.87. The monoisotopic (exact) mass is 182 g/mol. The molecule has 0 spiro atoms. The Labute approximate surface area is 63.0 Å². The number of rotatable bonds is 3. The molecule has 0 unspecified atom stereocenters. The molecule has 0 saturated carbocycles. The van der Waals surface area contributed by atoms with Gasteiger partial charge in [0.25, 0.3) is 10.2 Å². The molecular formula is C4H14N2O2SSi. The first kappa shape index (κ1) is 10.1. The molecule has 10 heavy (non-hydrogen) atoms. The molecule has 0 bridgehead atoms. The number of nitrogens with one attached hydrogen (secondary N) is 1. The summed E-state index contributed by atoms with van der Waals surface area (Å²) >= 11 is 0. The van der Waals surface area contributed by atoms with Gasteiger partial charge >= 0.3 is 0 Å². The van der Waals surface area contributed by atoms with Crippen LogP contribution in [0.1, 0.15) is 0 Å². The lowest BCUT2D eigenvalue weighted by Gasteiger charge is -2.14. The summed E-state index contributed by atoms with van der Waals surface area (Å²) in [5, 5.41) is 4.73. The van der Waals surface area contributed by atoms with Crippen LogP contribution in [0.2, 0.25) is 19.6 Å². The van der Waals surface area contributed by atoms with E-state index in [2.05, 4.69) is 24.4 Å². The summed E-state index contributed by atoms with van der Waals surface area (Å²) in [6.45, 7) is 6.18. The molecular weight excluding hydrogens is 168 g/mol. The summed E-state index contributed by atoms with van der Waals surface area (Å²) in [5.41, 5.74) is 0. The summed E-state index contributed by atoms with van der Waals surface area (Å²) in [5.74, 6) is 0. The van der Waals surface area contributed by atoms with Gasteiger partial charge in [-0.05, 0) is 0 Å². The minimum absolute atomic E-state index is 0.506. The molecule has 4 nitrogen and oxygen atoms in total. The molecule has 0 amide bonds. The Hall–Kier alpha value is 0.0869. The Kier molecular flexibility index (Phi) is 3.02. The zero-order valence-electron chi connectivity index (χ0n) is 6.51. The topological polar surface area (TPSA) is 72.2 Å². The third-order valence-corrected chi connectivity index (χ3v) is 2.84. The van der Waals surface area contributed by atoms with E-state index in [1.54, 1.807) is 0 Å². The van der Waals surface area contributed by atoms with Crippen LogP contribution < -0.4 is 9.86 Å². The molecule has 0 aromatic rings. The Balaban J connectivity index is 3.79. The van der Waals surface area contributed by atoms with Crippen molar-refractivity contribution in [3.05, 3.63) is 0 Å². The van der Waals surface area contributed by atoms with E-state index < -0.39 is 18.3 Å². The lowest BCUT2D eigenvalue weighted by Crippen LogP contribution is -2.42. The maximum absolute atomic E-state index is 10.4. The summed E-state index contributed by atoms with van der Waals surface area (Å²) in [6.07, 6.45) is 0.506. The van der Waals surface area contributed by atoms with Crippen LogP contribution in [0.15, 0.2) is 0 Å². The molecule has 0 rings (SSSR count). The predicted molar refractivity (Wildman–Crippen MR) is 44.5 cm³/mol. The molecule has 6 heteroatoms. The van der Waals surface area contributed by atoms with Crippen molar-refractivity contribution < 1.29 is 8.42 Å². The second-order valence-electron chi connectivity index (χ2n) is 3.43. The minimum Gasteiger partial charge on any atom is -0.216 e. The maximum atomic E-state index is 10.4. The van der Waals surface area contributed by atoms with Crippen molar-refractivity contribution in [2.45, 2.75) is 19.6 Å². The fourth-order valence-corrected chi connectivity index (χ4v) is 2.85. The van der Waals surface area contributed by atoms with Gasteiger partial charge in [0.05, 0.1) is 8.07 Å². The summed E-state index contributed by atoms with van der Waals surface area (Å²) in [6, 6.07) is 0. The second-order valence-corrected chi connectivity index (χ2v) is 10.3. The normalized spacial score (nSPS) is 13.6. The summed E-state index contributed by atoms with van der Waals surface area (Å²) < 4.78 is 23.0. The van der Waals surface area contributed by atoms with E-state index in [-0.39, 0.29) is 0 Å². The van der Waals surface area contributed by atoms with Crippen LogP contribution >= 0.6 is 0 Å². The molecule has 3 N–H and O–H groups in total. The van der Waals surface area contributed by atoms with Gasteiger partial charge < -0.3 is 0 Å². The molecule has 0 aliphatic rings. The summed E-state index contributed by atoms with van der Waals surface area (Å²) in [4.78, 5) is 0. The van der Waals surface area contributed by atoms with E-state index in [0.717, 1.165) is 0 Å². The Morgan fingerprint density at radius 3 is 1.90 bits per heavy atom. The molecule has 0 saturated heterocycles. The van der Waals surface area contributed by atoms with Crippen LogP contribution in [0.25, 0.3) is 0 Å². The Bertz CT molecular complexity index is 194. The van der Waals surface area contributed by atoms with Crippen molar-refractivity contribution >= 4 is 18.3 Å². The van der Waals surface area contributed by atoms with Gasteiger partial charge in [-0.25, -0.2) is 9.86 Å². The first-order valence-electron chi connectivity index (χ1n) is 2.98. The van der Waals surface area contributed by atoms with Gasteiger partial charge in [-0.2, -0.15) is 8.42 Å². The van der Waals surface area contributed by atoms with Crippen molar-refractivity contribution in [1.82, 2.24) is 4.72 Å². The van der Waals surface area contributed by atoms with Gasteiger partial charge in [0, 0.05) is 6.17 Å². The SMILES string of the molecule is C[Si](C)(C)CNS(N)(=O)=O. The van der Waals surface area contributed by atoms with Crippen molar-refractivity contribution in [1.29, 1.82) is 0 Å². The third-order valence-electron chi connectivity index (χ3n) is 0.804. The van der Waals surface area contributed by atoms with E-state index in [9.17, 15) is 8.42 Å². The van der Waals surface area contributed by atoms with Gasteiger partial charge in [0.1, 0.15) is 0 Å². The number of nitrogens with two attached hydrogens (primary N) is 1. The van der Waals surface area contributed by atoms with Gasteiger partial charge in [0.2, 0.25) is 0 Å². The van der Waals surface area contributed by atoms with E-state index in [1.807, 2.05) is 0 Å². The highest BCUT2D eigenvalue weighted by Gasteiger charge is 2.14. The molecule has 0 atom stereocenters. The van der Waals surface area contributed by atoms with Crippen molar-refractivity contribution in [3.63, 3.8) is 0 Å². The Morgan fingerprint density at radius 2 is 1.80 bits per heavy atom. The van der Waals surface area contributed by atoms with E-state index in [0.29, 0.717) is 6.17 Å². The Morgan fingerprint density at radius 1 is 1.40 bits per heavy atom. The van der Waals surface area contributed by atoms with Crippen LogP contribution in [0.4, 0.5) is 0 Å². The molecule has 0 radical (unpaired) electrons. The van der Waals surface area contributed by atoms with Crippen LogP contribution in [-0.4, -0.2) is 22.7 Å². The zero-order valence-corrected chi connectivity index (χ0v) is 8.33. The van der Waals surface area contributed by atoms with Gasteiger partial charge in [-0.1, -0.05) is 19.6 Å². The zero-order chi connectivity index (χ0) is 8.41. The first-order chi connectivity index (χ1) is 4.21.